The predicted molar refractivity (Wildman–Crippen MR) is 77.6 cm³/mol. The molecule has 94 valence electrons. The van der Waals surface area contributed by atoms with E-state index in [4.69, 9.17) is 0 Å². The van der Waals surface area contributed by atoms with Gasteiger partial charge in [-0.1, -0.05) is 18.6 Å². The van der Waals surface area contributed by atoms with E-state index in [0.29, 0.717) is 5.75 Å². The zero-order valence-electron chi connectivity index (χ0n) is 9.79. The summed E-state index contributed by atoms with van der Waals surface area (Å²) in [5, 5.41) is 14.0. The van der Waals surface area contributed by atoms with E-state index >= 15 is 0 Å². The van der Waals surface area contributed by atoms with Crippen LogP contribution in [-0.2, 0) is 6.54 Å². The lowest BCUT2D eigenvalue weighted by Gasteiger charge is -2.21. The third-order valence-electron chi connectivity index (χ3n) is 3.03. The maximum absolute atomic E-state index is 9.84. The average molecular weight is 316 g/mol. The molecule has 1 unspecified atom stereocenters. The summed E-state index contributed by atoms with van der Waals surface area (Å²) in [4.78, 5) is 0. The van der Waals surface area contributed by atoms with E-state index in [2.05, 4.69) is 33.0 Å². The Kier molecular flexibility index (Phi) is 5.19. The summed E-state index contributed by atoms with van der Waals surface area (Å²) in [7, 11) is 0. The van der Waals surface area contributed by atoms with Gasteiger partial charge in [-0.3, -0.25) is 0 Å². The Labute approximate surface area is 115 Å². The highest BCUT2D eigenvalue weighted by Crippen LogP contribution is 2.28. The molecule has 0 aromatic heterocycles. The molecule has 1 fully saturated rings. The minimum absolute atomic E-state index is 0.358. The molecule has 17 heavy (non-hydrogen) atoms. The molecule has 1 aromatic carbocycles. The van der Waals surface area contributed by atoms with Crippen LogP contribution < -0.4 is 5.32 Å². The van der Waals surface area contributed by atoms with E-state index in [-0.39, 0.29) is 0 Å². The zero-order chi connectivity index (χ0) is 12.1. The van der Waals surface area contributed by atoms with Crippen LogP contribution in [0.1, 0.15) is 24.8 Å². The van der Waals surface area contributed by atoms with Crippen LogP contribution in [0, 0.1) is 0 Å². The first-order valence-electron chi connectivity index (χ1n) is 6.06. The third kappa shape index (κ3) is 3.90. The molecule has 0 amide bonds. The zero-order valence-corrected chi connectivity index (χ0v) is 12.2. The summed E-state index contributed by atoms with van der Waals surface area (Å²) in [6.45, 7) is 1.78. The largest absolute Gasteiger partial charge is 0.506 e. The number of para-hydroxylation sites is 1. The molecule has 0 radical (unpaired) electrons. The van der Waals surface area contributed by atoms with Crippen molar-refractivity contribution in [3.8, 4) is 5.75 Å². The summed E-state index contributed by atoms with van der Waals surface area (Å²) in [5.41, 5.74) is 0.959. The van der Waals surface area contributed by atoms with Crippen molar-refractivity contribution in [1.29, 1.82) is 0 Å². The van der Waals surface area contributed by atoms with E-state index in [0.717, 1.165) is 28.4 Å². The molecule has 1 aliphatic rings. The molecule has 2 N–H and O–H groups in total. The van der Waals surface area contributed by atoms with Crippen molar-refractivity contribution >= 4 is 27.7 Å². The minimum atomic E-state index is 0.358. The van der Waals surface area contributed by atoms with Crippen molar-refractivity contribution in [1.82, 2.24) is 5.32 Å². The maximum Gasteiger partial charge on any atom is 0.134 e. The number of aromatic hydroxyl groups is 1. The normalized spacial score (nSPS) is 20.4. The number of hydrogen-bond donors (Lipinski definition) is 2. The van der Waals surface area contributed by atoms with Gasteiger partial charge in [0.05, 0.1) is 4.47 Å². The highest BCUT2D eigenvalue weighted by atomic mass is 79.9. The maximum atomic E-state index is 9.84. The Balaban J connectivity index is 1.79. The highest BCUT2D eigenvalue weighted by molar-refractivity contribution is 9.10. The van der Waals surface area contributed by atoms with Crippen molar-refractivity contribution in [3.63, 3.8) is 0 Å². The summed E-state index contributed by atoms with van der Waals surface area (Å²) >= 11 is 5.40. The number of phenols is 1. The lowest BCUT2D eigenvalue weighted by molar-refractivity contribution is 0.460. The molecule has 1 atom stereocenters. The summed E-state index contributed by atoms with van der Waals surface area (Å²) in [6, 6.07) is 5.77. The molecular weight excluding hydrogens is 298 g/mol. The fraction of sp³-hybridized carbons (Fsp3) is 0.538. The first-order chi connectivity index (χ1) is 8.27. The number of nitrogens with one attached hydrogen (secondary N) is 1. The number of halogens is 1. The standard InChI is InChI=1S/C13H18BrNOS/c14-12-6-3-4-10(13(12)16)8-15-9-11-5-1-2-7-17-11/h3-4,6,11,15-16H,1-2,5,7-9H2. The Hall–Kier alpha value is -0.190. The number of benzene rings is 1. The molecule has 2 nitrogen and oxygen atoms in total. The van der Waals surface area contributed by atoms with Gasteiger partial charge in [0.15, 0.2) is 0 Å². The van der Waals surface area contributed by atoms with Gasteiger partial charge in [-0.05, 0) is 40.6 Å². The molecule has 1 heterocycles. The van der Waals surface area contributed by atoms with E-state index in [1.54, 1.807) is 0 Å². The summed E-state index contributed by atoms with van der Waals surface area (Å²) < 4.78 is 0.767. The lowest BCUT2D eigenvalue weighted by Crippen LogP contribution is -2.26. The van der Waals surface area contributed by atoms with E-state index in [9.17, 15) is 5.11 Å². The van der Waals surface area contributed by atoms with Crippen molar-refractivity contribution in [3.05, 3.63) is 28.2 Å². The number of phenolic OH excluding ortho intramolecular Hbond substituents is 1. The van der Waals surface area contributed by atoms with Crippen LogP contribution in [0.25, 0.3) is 0 Å². The van der Waals surface area contributed by atoms with Crippen LogP contribution in [0.3, 0.4) is 0 Å². The Bertz CT molecular complexity index is 366. The van der Waals surface area contributed by atoms with Gasteiger partial charge in [-0.25, -0.2) is 0 Å². The van der Waals surface area contributed by atoms with Crippen LogP contribution in [0.4, 0.5) is 0 Å². The molecule has 0 bridgehead atoms. The number of thioether (sulfide) groups is 1. The SMILES string of the molecule is Oc1c(Br)cccc1CNCC1CCCCS1. The monoisotopic (exact) mass is 315 g/mol. The van der Waals surface area contributed by atoms with E-state index in [1.807, 2.05) is 18.2 Å². The molecule has 1 aromatic rings. The van der Waals surface area contributed by atoms with Gasteiger partial charge in [-0.15, -0.1) is 0 Å². The predicted octanol–water partition coefficient (Wildman–Crippen LogP) is 3.53. The Morgan fingerprint density at radius 1 is 1.41 bits per heavy atom. The van der Waals surface area contributed by atoms with Gasteiger partial charge >= 0.3 is 0 Å². The third-order valence-corrected chi connectivity index (χ3v) is 5.07. The minimum Gasteiger partial charge on any atom is -0.506 e. The van der Waals surface area contributed by atoms with Crippen LogP contribution in [0.5, 0.6) is 5.75 Å². The van der Waals surface area contributed by atoms with Gasteiger partial charge < -0.3 is 10.4 Å². The van der Waals surface area contributed by atoms with Gasteiger partial charge in [0.2, 0.25) is 0 Å². The van der Waals surface area contributed by atoms with Crippen molar-refractivity contribution in [2.24, 2.45) is 0 Å². The summed E-state index contributed by atoms with van der Waals surface area (Å²) in [6.07, 6.45) is 4.05. The molecular formula is C13H18BrNOS. The van der Waals surface area contributed by atoms with Crippen LogP contribution in [0.15, 0.2) is 22.7 Å². The Morgan fingerprint density at radius 2 is 2.29 bits per heavy atom. The molecule has 0 spiro atoms. The second-order valence-electron chi connectivity index (χ2n) is 4.37. The van der Waals surface area contributed by atoms with Gasteiger partial charge in [-0.2, -0.15) is 11.8 Å². The smallest absolute Gasteiger partial charge is 0.134 e. The summed E-state index contributed by atoms with van der Waals surface area (Å²) in [5.74, 6) is 1.66. The average Bonchev–Trinajstić information content (AvgIpc) is 2.36. The van der Waals surface area contributed by atoms with Crippen LogP contribution in [0.2, 0.25) is 0 Å². The fourth-order valence-electron chi connectivity index (χ4n) is 2.04. The number of hydrogen-bond acceptors (Lipinski definition) is 3. The quantitative estimate of drug-likeness (QED) is 0.891. The molecule has 0 aliphatic carbocycles. The fourth-order valence-corrected chi connectivity index (χ4v) is 3.72. The van der Waals surface area contributed by atoms with E-state index in [1.165, 1.54) is 25.0 Å². The molecule has 1 aliphatic heterocycles. The molecule has 1 saturated heterocycles. The van der Waals surface area contributed by atoms with Gasteiger partial charge in [0.1, 0.15) is 5.75 Å². The number of rotatable bonds is 4. The second kappa shape index (κ2) is 6.66. The van der Waals surface area contributed by atoms with Crippen molar-refractivity contribution < 1.29 is 5.11 Å². The Morgan fingerprint density at radius 3 is 3.06 bits per heavy atom. The van der Waals surface area contributed by atoms with Gasteiger partial charge in [0.25, 0.3) is 0 Å². The molecule has 0 saturated carbocycles. The van der Waals surface area contributed by atoms with Crippen molar-refractivity contribution in [2.45, 2.75) is 31.1 Å². The first kappa shape index (κ1) is 13.2. The van der Waals surface area contributed by atoms with Crippen molar-refractivity contribution in [2.75, 3.05) is 12.3 Å². The van der Waals surface area contributed by atoms with Gasteiger partial charge in [0, 0.05) is 23.9 Å². The molecule has 4 heteroatoms. The van der Waals surface area contributed by atoms with Crippen LogP contribution in [-0.4, -0.2) is 22.7 Å². The van der Waals surface area contributed by atoms with Crippen LogP contribution >= 0.6 is 27.7 Å². The second-order valence-corrected chi connectivity index (χ2v) is 6.63. The topological polar surface area (TPSA) is 32.3 Å². The van der Waals surface area contributed by atoms with E-state index < -0.39 is 0 Å². The first-order valence-corrected chi connectivity index (χ1v) is 7.90. The lowest BCUT2D eigenvalue weighted by atomic mass is 10.1. The molecule has 2 rings (SSSR count). The highest BCUT2D eigenvalue weighted by Gasteiger charge is 2.13.